The first-order valence-electron chi connectivity index (χ1n) is 18.7. The Labute approximate surface area is 310 Å². The number of nitrogens with zero attached hydrogens (tertiary/aromatic N) is 5. The van der Waals surface area contributed by atoms with Gasteiger partial charge in [0.15, 0.2) is 0 Å². The fourth-order valence-electron chi connectivity index (χ4n) is 6.68. The second kappa shape index (κ2) is 17.6. The van der Waals surface area contributed by atoms with Crippen molar-refractivity contribution < 1.29 is 23.8 Å². The number of carbonyl (C=O) groups excluding carboxylic acids is 2. The Bertz CT molecular complexity index is 1630. The Morgan fingerprint density at radius 3 is 2.35 bits per heavy atom. The minimum absolute atomic E-state index is 0.135. The second-order valence-electron chi connectivity index (χ2n) is 16.0. The van der Waals surface area contributed by atoms with Crippen molar-refractivity contribution in [2.75, 3.05) is 57.9 Å². The number of alkyl carbamates (subject to hydrolysis) is 1. The summed E-state index contributed by atoms with van der Waals surface area (Å²) in [5.41, 5.74) is 5.62. The predicted molar refractivity (Wildman–Crippen MR) is 204 cm³/mol. The third-order valence-corrected chi connectivity index (χ3v) is 9.00. The molecule has 2 saturated heterocycles. The van der Waals surface area contributed by atoms with Gasteiger partial charge in [0.2, 0.25) is 0 Å². The molecule has 0 saturated carbocycles. The largest absolute Gasteiger partial charge is 0.459 e. The molecular formula is C41H58N6O5. The number of rotatable bonds is 13. The van der Waals surface area contributed by atoms with Crippen molar-refractivity contribution in [3.63, 3.8) is 0 Å². The molecule has 0 radical (unpaired) electrons. The van der Waals surface area contributed by atoms with E-state index in [2.05, 4.69) is 74.5 Å². The summed E-state index contributed by atoms with van der Waals surface area (Å²) in [6, 6.07) is 17.0. The summed E-state index contributed by atoms with van der Waals surface area (Å²) in [5.74, 6) is 0.628. The summed E-state index contributed by atoms with van der Waals surface area (Å²) in [6.07, 6.45) is 4.69. The van der Waals surface area contributed by atoms with E-state index in [1.807, 2.05) is 53.8 Å². The fourth-order valence-corrected chi connectivity index (χ4v) is 6.68. The number of morpholine rings is 1. The van der Waals surface area contributed by atoms with Crippen LogP contribution < -0.4 is 10.2 Å². The quantitative estimate of drug-likeness (QED) is 0.162. The summed E-state index contributed by atoms with van der Waals surface area (Å²) in [5, 5.41) is 2.83. The number of hydrogen-bond donors (Lipinski definition) is 1. The summed E-state index contributed by atoms with van der Waals surface area (Å²) < 4.78 is 16.7. The van der Waals surface area contributed by atoms with Crippen molar-refractivity contribution in [3.8, 4) is 11.3 Å². The highest BCUT2D eigenvalue weighted by atomic mass is 16.6. The zero-order chi connectivity index (χ0) is 37.3. The van der Waals surface area contributed by atoms with Gasteiger partial charge in [0.25, 0.3) is 0 Å². The van der Waals surface area contributed by atoms with Crippen molar-refractivity contribution in [1.82, 2.24) is 25.1 Å². The maximum atomic E-state index is 13.1. The van der Waals surface area contributed by atoms with E-state index in [0.29, 0.717) is 32.7 Å². The summed E-state index contributed by atoms with van der Waals surface area (Å²) >= 11 is 0. The molecule has 282 valence electrons. The minimum Gasteiger partial charge on any atom is -0.459 e. The van der Waals surface area contributed by atoms with Gasteiger partial charge < -0.3 is 29.3 Å². The van der Waals surface area contributed by atoms with Gasteiger partial charge in [-0.25, -0.2) is 14.8 Å². The smallest absolute Gasteiger partial charge is 0.407 e. The highest BCUT2D eigenvalue weighted by Crippen LogP contribution is 2.28. The summed E-state index contributed by atoms with van der Waals surface area (Å²) in [6.45, 7) is 18.2. The molecule has 0 aliphatic carbocycles. The Hall–Kier alpha value is -4.06. The van der Waals surface area contributed by atoms with Crippen LogP contribution in [0.3, 0.4) is 0 Å². The third-order valence-electron chi connectivity index (χ3n) is 9.00. The molecule has 2 aliphatic rings. The maximum absolute atomic E-state index is 13.1. The lowest BCUT2D eigenvalue weighted by molar-refractivity contribution is -0.160. The topological polar surface area (TPSA) is 109 Å². The number of nitrogens with one attached hydrogen (secondary N) is 1. The van der Waals surface area contributed by atoms with Crippen LogP contribution >= 0.6 is 0 Å². The number of anilines is 1. The van der Waals surface area contributed by atoms with E-state index in [1.165, 1.54) is 16.8 Å². The van der Waals surface area contributed by atoms with Gasteiger partial charge in [-0.15, -0.1) is 0 Å². The third kappa shape index (κ3) is 12.3. The summed E-state index contributed by atoms with van der Waals surface area (Å²) in [7, 11) is 2.09. The molecule has 1 amide bonds. The zero-order valence-corrected chi connectivity index (χ0v) is 32.2. The Balaban J connectivity index is 1.23. The molecule has 11 heteroatoms. The van der Waals surface area contributed by atoms with Gasteiger partial charge in [-0.05, 0) is 116 Å². The zero-order valence-electron chi connectivity index (χ0n) is 32.2. The average molecular weight is 715 g/mol. The maximum Gasteiger partial charge on any atom is 0.407 e. The second-order valence-corrected chi connectivity index (χ2v) is 16.0. The van der Waals surface area contributed by atoms with E-state index in [9.17, 15) is 9.59 Å². The van der Waals surface area contributed by atoms with Crippen molar-refractivity contribution in [1.29, 1.82) is 0 Å². The average Bonchev–Trinajstić information content (AvgIpc) is 3.54. The van der Waals surface area contributed by atoms with Gasteiger partial charge in [0.1, 0.15) is 23.1 Å². The van der Waals surface area contributed by atoms with Crippen molar-refractivity contribution in [2.45, 2.75) is 97.6 Å². The first-order valence-corrected chi connectivity index (χ1v) is 18.7. The van der Waals surface area contributed by atoms with Crippen LogP contribution in [-0.2, 0) is 38.5 Å². The molecule has 5 rings (SSSR count). The first-order chi connectivity index (χ1) is 24.7. The molecular weight excluding hydrogens is 656 g/mol. The molecule has 3 aromatic rings. The number of likely N-dealkylation sites (tertiary alicyclic amines) is 1. The number of amides is 1. The fraction of sp³-hybridized carbons (Fsp3) is 0.561. The van der Waals surface area contributed by atoms with Crippen molar-refractivity contribution >= 4 is 17.7 Å². The van der Waals surface area contributed by atoms with Crippen molar-refractivity contribution in [2.24, 2.45) is 0 Å². The van der Waals surface area contributed by atoms with Gasteiger partial charge in [-0.1, -0.05) is 30.3 Å². The molecule has 11 nitrogen and oxygen atoms in total. The van der Waals surface area contributed by atoms with Gasteiger partial charge in [0, 0.05) is 56.6 Å². The molecule has 1 atom stereocenters. The number of carbonyl (C=O) groups is 2. The lowest BCUT2D eigenvalue weighted by atomic mass is 10.0. The standard InChI is InChI=1S/C41H58N6O5/c1-40(2,3)51-38(48)36-10-8-19-47(36)29-32-24-31(25-34(26-32)46-20-22-50-23-21-46)27-37-42-17-15-35(44-37)33-13-11-30(12-14-33)28-45(7)18-9-16-43-39(49)52-41(4,5)6/h11-15,17,24-26,36H,8-10,16,18-23,27-29H2,1-7H3,(H,43,49). The van der Waals surface area contributed by atoms with Gasteiger partial charge in [-0.2, -0.15) is 0 Å². The van der Waals surface area contributed by atoms with Gasteiger partial charge >= 0.3 is 12.1 Å². The van der Waals surface area contributed by atoms with E-state index in [1.54, 1.807) is 0 Å². The van der Waals surface area contributed by atoms with Gasteiger partial charge in [0.05, 0.1) is 18.9 Å². The molecule has 0 spiro atoms. The van der Waals surface area contributed by atoms with E-state index in [0.717, 1.165) is 74.6 Å². The predicted octanol–water partition coefficient (Wildman–Crippen LogP) is 6.22. The molecule has 3 heterocycles. The molecule has 2 aliphatic heterocycles. The highest BCUT2D eigenvalue weighted by molar-refractivity contribution is 5.76. The van der Waals surface area contributed by atoms with Crippen molar-refractivity contribution in [3.05, 3.63) is 77.2 Å². The van der Waals surface area contributed by atoms with E-state index in [-0.39, 0.29) is 18.1 Å². The number of hydrogen-bond acceptors (Lipinski definition) is 10. The van der Waals surface area contributed by atoms with Crippen LogP contribution in [-0.4, -0.2) is 102 Å². The monoisotopic (exact) mass is 714 g/mol. The van der Waals surface area contributed by atoms with E-state index < -0.39 is 11.2 Å². The number of benzene rings is 2. The minimum atomic E-state index is -0.507. The molecule has 2 fully saturated rings. The summed E-state index contributed by atoms with van der Waals surface area (Å²) in [4.78, 5) is 41.5. The highest BCUT2D eigenvalue weighted by Gasteiger charge is 2.34. The number of esters is 1. The SMILES string of the molecule is CN(CCCNC(=O)OC(C)(C)C)Cc1ccc(-c2ccnc(Cc3cc(CN4CCCC4C(=O)OC(C)(C)C)cc(N4CCOCC4)c3)n2)cc1. The Morgan fingerprint density at radius 1 is 0.923 bits per heavy atom. The van der Waals surface area contributed by atoms with Crippen LogP contribution in [0.4, 0.5) is 10.5 Å². The van der Waals surface area contributed by atoms with E-state index >= 15 is 0 Å². The van der Waals surface area contributed by atoms with Crippen LogP contribution in [0.2, 0.25) is 0 Å². The Kier molecular flexibility index (Phi) is 13.3. The molecule has 1 unspecified atom stereocenters. The molecule has 2 aromatic carbocycles. The number of aromatic nitrogens is 2. The van der Waals surface area contributed by atoms with Crippen LogP contribution in [0.5, 0.6) is 0 Å². The number of ether oxygens (including phenoxy) is 3. The molecule has 1 aromatic heterocycles. The molecule has 52 heavy (non-hydrogen) atoms. The lowest BCUT2D eigenvalue weighted by Gasteiger charge is -2.30. The normalized spacial score (nSPS) is 17.0. The molecule has 0 bridgehead atoms. The van der Waals surface area contributed by atoms with Crippen LogP contribution in [0.1, 0.15) is 83.3 Å². The van der Waals surface area contributed by atoms with Crippen LogP contribution in [0.15, 0.2) is 54.7 Å². The van der Waals surface area contributed by atoms with Gasteiger partial charge in [-0.3, -0.25) is 9.69 Å². The van der Waals surface area contributed by atoms with E-state index in [4.69, 9.17) is 19.2 Å². The molecule has 1 N–H and O–H groups in total. The first kappa shape index (κ1) is 39.2. The lowest BCUT2D eigenvalue weighted by Crippen LogP contribution is -2.40. The van der Waals surface area contributed by atoms with Crippen LogP contribution in [0, 0.1) is 0 Å². The Morgan fingerprint density at radius 2 is 1.63 bits per heavy atom. The van der Waals surface area contributed by atoms with Crippen LogP contribution in [0.25, 0.3) is 11.3 Å².